The van der Waals surface area contributed by atoms with Gasteiger partial charge in [0.2, 0.25) is 0 Å². The minimum absolute atomic E-state index is 0.422. The van der Waals surface area contributed by atoms with Crippen LogP contribution in [0.5, 0.6) is 0 Å². The van der Waals surface area contributed by atoms with Crippen LogP contribution in [0.15, 0.2) is 84.9 Å². The molecular formula is C21H20. The van der Waals surface area contributed by atoms with Gasteiger partial charge in [0.05, 0.1) is 0 Å². The molecule has 1 unspecified atom stereocenters. The monoisotopic (exact) mass is 272 g/mol. The van der Waals surface area contributed by atoms with Crippen molar-refractivity contribution in [3.05, 3.63) is 107 Å². The molecule has 0 saturated heterocycles. The second kappa shape index (κ2) is 6.41. The van der Waals surface area contributed by atoms with E-state index in [1.54, 1.807) is 0 Å². The van der Waals surface area contributed by atoms with Crippen molar-refractivity contribution < 1.29 is 0 Å². The number of rotatable bonds is 4. The Hall–Kier alpha value is -2.34. The fourth-order valence-corrected chi connectivity index (χ4v) is 2.85. The van der Waals surface area contributed by atoms with Crippen LogP contribution in [0, 0.1) is 0 Å². The number of hydrogen-bond acceptors (Lipinski definition) is 0. The van der Waals surface area contributed by atoms with Crippen molar-refractivity contribution in [1.82, 2.24) is 0 Å². The molecule has 3 rings (SSSR count). The molecule has 0 aliphatic heterocycles. The third kappa shape index (κ3) is 3.22. The predicted octanol–water partition coefficient (Wildman–Crippen LogP) is 5.43. The minimum atomic E-state index is 0.422. The summed E-state index contributed by atoms with van der Waals surface area (Å²) in [6, 6.07) is 30.2. The molecule has 0 nitrogen and oxygen atoms in total. The predicted molar refractivity (Wildman–Crippen MR) is 89.6 cm³/mol. The number of hydrogen-bond donors (Lipinski definition) is 0. The third-order valence-electron chi connectivity index (χ3n) is 4.06. The summed E-state index contributed by atoms with van der Waals surface area (Å²) in [6.07, 6.45) is 0.994. The van der Waals surface area contributed by atoms with Crippen LogP contribution in [0.25, 0.3) is 0 Å². The Labute approximate surface area is 127 Å². The fraction of sp³-hybridized carbons (Fsp3) is 0.143. The molecule has 0 heterocycles. The quantitative estimate of drug-likeness (QED) is 0.594. The molecule has 21 heavy (non-hydrogen) atoms. The van der Waals surface area contributed by atoms with Crippen LogP contribution < -0.4 is 0 Å². The van der Waals surface area contributed by atoms with E-state index in [-0.39, 0.29) is 0 Å². The SMILES string of the molecule is CC(c1ccccc1)c1ccccc1Cc1ccccc1. The Morgan fingerprint density at radius 3 is 1.95 bits per heavy atom. The van der Waals surface area contributed by atoms with Gasteiger partial charge in [-0.2, -0.15) is 0 Å². The zero-order chi connectivity index (χ0) is 14.5. The van der Waals surface area contributed by atoms with Crippen molar-refractivity contribution in [3.63, 3.8) is 0 Å². The lowest BCUT2D eigenvalue weighted by Crippen LogP contribution is -2.01. The van der Waals surface area contributed by atoms with Gasteiger partial charge in [-0.3, -0.25) is 0 Å². The molecule has 0 heteroatoms. The van der Waals surface area contributed by atoms with Gasteiger partial charge in [0, 0.05) is 5.92 Å². The van der Waals surface area contributed by atoms with Crippen LogP contribution in [0.1, 0.15) is 35.1 Å². The highest BCUT2D eigenvalue weighted by Gasteiger charge is 2.12. The zero-order valence-corrected chi connectivity index (χ0v) is 12.4. The van der Waals surface area contributed by atoms with E-state index in [0.29, 0.717) is 5.92 Å². The second-order valence-electron chi connectivity index (χ2n) is 5.49. The average Bonchev–Trinajstić information content (AvgIpc) is 2.56. The normalized spacial score (nSPS) is 12.0. The van der Waals surface area contributed by atoms with Gasteiger partial charge in [-0.15, -0.1) is 0 Å². The Morgan fingerprint density at radius 2 is 1.24 bits per heavy atom. The highest BCUT2D eigenvalue weighted by Crippen LogP contribution is 2.28. The summed E-state index contributed by atoms with van der Waals surface area (Å²) < 4.78 is 0. The first-order chi connectivity index (χ1) is 10.3. The van der Waals surface area contributed by atoms with Gasteiger partial charge in [0.1, 0.15) is 0 Å². The van der Waals surface area contributed by atoms with Crippen molar-refractivity contribution in [3.8, 4) is 0 Å². The Morgan fingerprint density at radius 1 is 0.667 bits per heavy atom. The number of benzene rings is 3. The van der Waals surface area contributed by atoms with Crippen LogP contribution in [0.3, 0.4) is 0 Å². The lowest BCUT2D eigenvalue weighted by molar-refractivity contribution is 0.899. The molecule has 0 aliphatic rings. The van der Waals surface area contributed by atoms with E-state index in [4.69, 9.17) is 0 Å². The highest BCUT2D eigenvalue weighted by atomic mass is 14.2. The van der Waals surface area contributed by atoms with E-state index in [0.717, 1.165) is 6.42 Å². The molecule has 0 aliphatic carbocycles. The molecule has 3 aromatic rings. The maximum Gasteiger partial charge on any atom is 0.00638 e. The minimum Gasteiger partial charge on any atom is -0.0622 e. The van der Waals surface area contributed by atoms with Crippen molar-refractivity contribution >= 4 is 0 Å². The average molecular weight is 272 g/mol. The molecule has 0 N–H and O–H groups in total. The van der Waals surface area contributed by atoms with Gasteiger partial charge in [-0.25, -0.2) is 0 Å². The zero-order valence-electron chi connectivity index (χ0n) is 12.4. The molecule has 1 atom stereocenters. The van der Waals surface area contributed by atoms with E-state index in [9.17, 15) is 0 Å². The largest absolute Gasteiger partial charge is 0.0622 e. The molecule has 3 aromatic carbocycles. The Balaban J connectivity index is 1.93. The summed E-state index contributed by atoms with van der Waals surface area (Å²) in [5.74, 6) is 0.422. The van der Waals surface area contributed by atoms with Crippen LogP contribution in [-0.4, -0.2) is 0 Å². The van der Waals surface area contributed by atoms with Gasteiger partial charge in [0.15, 0.2) is 0 Å². The van der Waals surface area contributed by atoms with Gasteiger partial charge >= 0.3 is 0 Å². The first-order valence-electron chi connectivity index (χ1n) is 7.51. The molecule has 0 amide bonds. The summed E-state index contributed by atoms with van der Waals surface area (Å²) in [7, 11) is 0. The molecule has 0 spiro atoms. The van der Waals surface area contributed by atoms with E-state index in [2.05, 4.69) is 91.9 Å². The smallest absolute Gasteiger partial charge is 0.00638 e. The summed E-state index contributed by atoms with van der Waals surface area (Å²) >= 11 is 0. The summed E-state index contributed by atoms with van der Waals surface area (Å²) in [4.78, 5) is 0. The second-order valence-corrected chi connectivity index (χ2v) is 5.49. The van der Waals surface area contributed by atoms with Gasteiger partial charge in [-0.05, 0) is 28.7 Å². The first-order valence-corrected chi connectivity index (χ1v) is 7.51. The van der Waals surface area contributed by atoms with Gasteiger partial charge < -0.3 is 0 Å². The van der Waals surface area contributed by atoms with E-state index >= 15 is 0 Å². The van der Waals surface area contributed by atoms with Crippen LogP contribution in [0.4, 0.5) is 0 Å². The van der Waals surface area contributed by atoms with E-state index < -0.39 is 0 Å². The molecule has 0 radical (unpaired) electrons. The Kier molecular flexibility index (Phi) is 4.16. The summed E-state index contributed by atoms with van der Waals surface area (Å²) in [5.41, 5.74) is 5.58. The molecule has 0 aromatic heterocycles. The van der Waals surface area contributed by atoms with Crippen LogP contribution in [0.2, 0.25) is 0 Å². The first kappa shape index (κ1) is 13.6. The summed E-state index contributed by atoms with van der Waals surface area (Å²) in [5, 5.41) is 0. The van der Waals surface area contributed by atoms with Crippen LogP contribution in [-0.2, 0) is 6.42 Å². The highest BCUT2D eigenvalue weighted by molar-refractivity contribution is 5.39. The van der Waals surface area contributed by atoms with Gasteiger partial charge in [-0.1, -0.05) is 91.9 Å². The van der Waals surface area contributed by atoms with E-state index in [1.165, 1.54) is 22.3 Å². The topological polar surface area (TPSA) is 0 Å². The molecule has 104 valence electrons. The maximum atomic E-state index is 2.29. The lowest BCUT2D eigenvalue weighted by Gasteiger charge is -2.17. The van der Waals surface area contributed by atoms with Crippen molar-refractivity contribution in [2.75, 3.05) is 0 Å². The summed E-state index contributed by atoms with van der Waals surface area (Å²) in [6.45, 7) is 2.29. The molecule has 0 fully saturated rings. The van der Waals surface area contributed by atoms with Gasteiger partial charge in [0.25, 0.3) is 0 Å². The lowest BCUT2D eigenvalue weighted by atomic mass is 9.87. The van der Waals surface area contributed by atoms with Crippen molar-refractivity contribution in [2.24, 2.45) is 0 Å². The third-order valence-corrected chi connectivity index (χ3v) is 4.06. The molecule has 0 bridgehead atoms. The molecular weight excluding hydrogens is 252 g/mol. The van der Waals surface area contributed by atoms with E-state index in [1.807, 2.05) is 0 Å². The standard InChI is InChI=1S/C21H20/c1-17(19-12-6-3-7-13-19)21-15-9-8-14-20(21)16-18-10-4-2-5-11-18/h2-15,17H,16H2,1H3. The maximum absolute atomic E-state index is 2.29. The van der Waals surface area contributed by atoms with Crippen LogP contribution >= 0.6 is 0 Å². The van der Waals surface area contributed by atoms with Crippen molar-refractivity contribution in [1.29, 1.82) is 0 Å². The molecule has 0 saturated carbocycles. The fourth-order valence-electron chi connectivity index (χ4n) is 2.85. The Bertz CT molecular complexity index is 683. The van der Waals surface area contributed by atoms with Crippen molar-refractivity contribution in [2.45, 2.75) is 19.3 Å².